The summed E-state index contributed by atoms with van der Waals surface area (Å²) in [5.41, 5.74) is 0.542. The number of benzene rings is 2. The van der Waals surface area contributed by atoms with Crippen molar-refractivity contribution >= 4 is 27.9 Å². The Hall–Kier alpha value is -2.28. The fourth-order valence-corrected chi connectivity index (χ4v) is 2.13. The van der Waals surface area contributed by atoms with Gasteiger partial charge in [-0.15, -0.1) is 0 Å². The van der Waals surface area contributed by atoms with Gasteiger partial charge in [0.25, 0.3) is 0 Å². The third kappa shape index (κ3) is 3.63. The van der Waals surface area contributed by atoms with Gasteiger partial charge in [0.05, 0.1) is 4.92 Å². The van der Waals surface area contributed by atoms with E-state index in [9.17, 15) is 19.3 Å². The zero-order valence-corrected chi connectivity index (χ0v) is 12.2. The van der Waals surface area contributed by atoms with Crippen LogP contribution in [0, 0.1) is 15.9 Å². The van der Waals surface area contributed by atoms with Crippen LogP contribution < -0.4 is 4.74 Å². The molecule has 0 saturated heterocycles. The number of ether oxygens (including phenoxy) is 1. The maximum absolute atomic E-state index is 13.0. The number of rotatable bonds is 5. The Kier molecular flexibility index (Phi) is 4.64. The highest BCUT2D eigenvalue weighted by atomic mass is 79.9. The molecular weight excluding hydrogens is 345 g/mol. The highest BCUT2D eigenvalue weighted by molar-refractivity contribution is 9.10. The van der Waals surface area contributed by atoms with Gasteiger partial charge in [-0.05, 0) is 24.3 Å². The Morgan fingerprint density at radius 3 is 2.67 bits per heavy atom. The second kappa shape index (κ2) is 6.45. The number of hydrogen-bond donors (Lipinski definition) is 0. The summed E-state index contributed by atoms with van der Waals surface area (Å²) < 4.78 is 18.9. The molecule has 7 heteroatoms. The minimum atomic E-state index is -0.623. The molecular formula is C14H9BrFNO4. The molecule has 2 aromatic carbocycles. The Balaban J connectivity index is 2.23. The van der Waals surface area contributed by atoms with Crippen molar-refractivity contribution in [2.24, 2.45) is 0 Å². The minimum Gasteiger partial charge on any atom is -0.482 e. The van der Waals surface area contributed by atoms with Crippen LogP contribution >= 0.6 is 15.9 Å². The molecule has 0 atom stereocenters. The second-order valence-corrected chi connectivity index (χ2v) is 4.98. The lowest BCUT2D eigenvalue weighted by Gasteiger charge is -2.08. The third-order valence-electron chi connectivity index (χ3n) is 2.71. The lowest BCUT2D eigenvalue weighted by atomic mass is 10.2. The average molecular weight is 354 g/mol. The molecule has 0 heterocycles. The summed E-state index contributed by atoms with van der Waals surface area (Å²) in [4.78, 5) is 21.0. The number of nitro groups is 1. The molecule has 0 radical (unpaired) electrons. The number of aldehydes is 1. The van der Waals surface area contributed by atoms with Crippen LogP contribution in [0.15, 0.2) is 40.9 Å². The van der Waals surface area contributed by atoms with Gasteiger partial charge in [-0.2, -0.15) is 0 Å². The molecule has 0 spiro atoms. The van der Waals surface area contributed by atoms with Crippen LogP contribution in [0.4, 0.5) is 10.1 Å². The first-order valence-corrected chi connectivity index (χ1v) is 6.61. The van der Waals surface area contributed by atoms with Crippen LogP contribution in [-0.2, 0) is 6.61 Å². The minimum absolute atomic E-state index is 0.0299. The summed E-state index contributed by atoms with van der Waals surface area (Å²) in [6.45, 7) is 0.0299. The van der Waals surface area contributed by atoms with Crippen LogP contribution in [-0.4, -0.2) is 11.2 Å². The van der Waals surface area contributed by atoms with Gasteiger partial charge >= 0.3 is 5.69 Å². The van der Waals surface area contributed by atoms with E-state index in [2.05, 4.69) is 15.9 Å². The Bertz CT molecular complexity index is 705. The van der Waals surface area contributed by atoms with E-state index in [0.717, 1.165) is 6.07 Å². The van der Waals surface area contributed by atoms with Crippen molar-refractivity contribution in [2.45, 2.75) is 6.61 Å². The molecule has 0 aliphatic rings. The molecule has 0 fully saturated rings. The number of carbonyl (C=O) groups is 1. The first-order valence-electron chi connectivity index (χ1n) is 5.81. The number of nitrogens with zero attached hydrogens (tertiary/aromatic N) is 1. The lowest BCUT2D eigenvalue weighted by molar-refractivity contribution is -0.386. The van der Waals surface area contributed by atoms with Gasteiger partial charge < -0.3 is 4.74 Å². The molecule has 0 aromatic heterocycles. The van der Waals surface area contributed by atoms with E-state index in [4.69, 9.17) is 4.74 Å². The van der Waals surface area contributed by atoms with E-state index in [1.54, 1.807) is 0 Å². The average Bonchev–Trinajstić information content (AvgIpc) is 2.46. The Morgan fingerprint density at radius 2 is 2.05 bits per heavy atom. The van der Waals surface area contributed by atoms with Crippen molar-refractivity contribution < 1.29 is 18.8 Å². The molecule has 0 saturated carbocycles. The molecule has 2 rings (SSSR count). The van der Waals surface area contributed by atoms with Crippen LogP contribution in [0.5, 0.6) is 5.75 Å². The molecule has 2 aromatic rings. The predicted molar refractivity (Wildman–Crippen MR) is 76.9 cm³/mol. The van der Waals surface area contributed by atoms with Crippen molar-refractivity contribution in [3.8, 4) is 5.75 Å². The lowest BCUT2D eigenvalue weighted by Crippen LogP contribution is -2.00. The smallest absolute Gasteiger partial charge is 0.311 e. The topological polar surface area (TPSA) is 69.4 Å². The van der Waals surface area contributed by atoms with Crippen molar-refractivity contribution in [2.75, 3.05) is 0 Å². The molecule has 0 aliphatic heterocycles. The van der Waals surface area contributed by atoms with E-state index < -0.39 is 10.7 Å². The molecule has 0 unspecified atom stereocenters. The summed E-state index contributed by atoms with van der Waals surface area (Å²) in [6.07, 6.45) is 0.521. The van der Waals surface area contributed by atoms with E-state index in [1.807, 2.05) is 0 Å². The SMILES string of the molecule is O=Cc1ccc(OCc2ccc(F)cc2Br)c([N+](=O)[O-])c1. The van der Waals surface area contributed by atoms with Crippen LogP contribution in [0.3, 0.4) is 0 Å². The summed E-state index contributed by atoms with van der Waals surface area (Å²) >= 11 is 3.19. The predicted octanol–water partition coefficient (Wildman–Crippen LogP) is 3.89. The highest BCUT2D eigenvalue weighted by Crippen LogP contribution is 2.29. The molecule has 5 nitrogen and oxygen atoms in total. The standard InChI is InChI=1S/C14H9BrFNO4/c15-12-6-11(16)3-2-10(12)8-21-14-4-1-9(7-18)5-13(14)17(19)20/h1-7H,8H2. The third-order valence-corrected chi connectivity index (χ3v) is 3.45. The van der Waals surface area contributed by atoms with E-state index in [-0.39, 0.29) is 23.6 Å². The summed E-state index contributed by atoms with van der Waals surface area (Å²) in [7, 11) is 0. The van der Waals surface area contributed by atoms with E-state index >= 15 is 0 Å². The van der Waals surface area contributed by atoms with Gasteiger partial charge in [0.2, 0.25) is 0 Å². The van der Waals surface area contributed by atoms with Crippen molar-refractivity contribution in [3.05, 3.63) is 67.9 Å². The van der Waals surface area contributed by atoms with E-state index in [0.29, 0.717) is 16.3 Å². The number of hydrogen-bond acceptors (Lipinski definition) is 4. The summed E-state index contributed by atoms with van der Waals surface area (Å²) in [6, 6.07) is 8.00. The van der Waals surface area contributed by atoms with Gasteiger partial charge in [0.15, 0.2) is 5.75 Å². The maximum Gasteiger partial charge on any atom is 0.311 e. The van der Waals surface area contributed by atoms with Crippen LogP contribution in [0.1, 0.15) is 15.9 Å². The molecule has 108 valence electrons. The van der Waals surface area contributed by atoms with Crippen LogP contribution in [0.25, 0.3) is 0 Å². The normalized spacial score (nSPS) is 10.2. The zero-order valence-electron chi connectivity index (χ0n) is 10.6. The second-order valence-electron chi connectivity index (χ2n) is 4.13. The molecule has 0 aliphatic carbocycles. The Labute approximate surface area is 127 Å². The Morgan fingerprint density at radius 1 is 1.29 bits per heavy atom. The van der Waals surface area contributed by atoms with Gasteiger partial charge in [0.1, 0.15) is 18.7 Å². The quantitative estimate of drug-likeness (QED) is 0.464. The number of carbonyl (C=O) groups excluding carboxylic acids is 1. The van der Waals surface area contributed by atoms with Crippen molar-refractivity contribution in [1.82, 2.24) is 0 Å². The fourth-order valence-electron chi connectivity index (χ4n) is 1.67. The first kappa shape index (κ1) is 15.1. The molecule has 21 heavy (non-hydrogen) atoms. The van der Waals surface area contributed by atoms with Crippen molar-refractivity contribution in [1.29, 1.82) is 0 Å². The van der Waals surface area contributed by atoms with Crippen LogP contribution in [0.2, 0.25) is 0 Å². The fraction of sp³-hybridized carbons (Fsp3) is 0.0714. The van der Waals surface area contributed by atoms with Gasteiger partial charge in [0, 0.05) is 21.7 Å². The number of nitro benzene ring substituents is 1. The molecule has 0 N–H and O–H groups in total. The van der Waals surface area contributed by atoms with Gasteiger partial charge in [-0.3, -0.25) is 14.9 Å². The molecule has 0 bridgehead atoms. The molecule has 0 amide bonds. The number of halogens is 2. The largest absolute Gasteiger partial charge is 0.482 e. The first-order chi connectivity index (χ1) is 10.0. The summed E-state index contributed by atoms with van der Waals surface area (Å²) in [5, 5.41) is 11.0. The van der Waals surface area contributed by atoms with E-state index in [1.165, 1.54) is 30.3 Å². The maximum atomic E-state index is 13.0. The van der Waals surface area contributed by atoms with Gasteiger partial charge in [-0.1, -0.05) is 22.0 Å². The van der Waals surface area contributed by atoms with Gasteiger partial charge in [-0.25, -0.2) is 4.39 Å². The zero-order chi connectivity index (χ0) is 15.4. The summed E-state index contributed by atoms with van der Waals surface area (Å²) in [5.74, 6) is -0.353. The monoisotopic (exact) mass is 353 g/mol. The van der Waals surface area contributed by atoms with Crippen molar-refractivity contribution in [3.63, 3.8) is 0 Å². The highest BCUT2D eigenvalue weighted by Gasteiger charge is 2.16.